The van der Waals surface area contributed by atoms with E-state index in [4.69, 9.17) is 9.47 Å². The molecule has 0 radical (unpaired) electrons. The van der Waals surface area contributed by atoms with Crippen LogP contribution in [0.3, 0.4) is 0 Å². The van der Waals surface area contributed by atoms with Crippen molar-refractivity contribution in [1.82, 2.24) is 0 Å². The fourth-order valence-corrected chi connectivity index (χ4v) is 4.55. The lowest BCUT2D eigenvalue weighted by Crippen LogP contribution is -2.26. The molecule has 150 valence electrons. The Morgan fingerprint density at radius 2 is 1.93 bits per heavy atom. The van der Waals surface area contributed by atoms with Crippen molar-refractivity contribution in [1.29, 1.82) is 0 Å². The summed E-state index contributed by atoms with van der Waals surface area (Å²) in [6.07, 6.45) is 1.16. The number of halogens is 1. The van der Waals surface area contributed by atoms with Gasteiger partial charge in [0.25, 0.3) is 15.9 Å². The zero-order chi connectivity index (χ0) is 20.1. The predicted molar refractivity (Wildman–Crippen MR) is 110 cm³/mol. The first-order chi connectivity index (χ1) is 13.4. The molecule has 3 rings (SSSR count). The van der Waals surface area contributed by atoms with E-state index in [0.717, 1.165) is 6.42 Å². The molecule has 0 bridgehead atoms. The van der Waals surface area contributed by atoms with E-state index in [1.54, 1.807) is 43.3 Å². The second kappa shape index (κ2) is 8.93. The van der Waals surface area contributed by atoms with E-state index >= 15 is 0 Å². The van der Waals surface area contributed by atoms with Crippen molar-refractivity contribution in [3.63, 3.8) is 0 Å². The minimum Gasteiger partial charge on any atom is -0.492 e. The monoisotopic (exact) mass is 468 g/mol. The van der Waals surface area contributed by atoms with Crippen molar-refractivity contribution in [3.8, 4) is 5.75 Å². The second-order valence-electron chi connectivity index (χ2n) is 6.20. The van der Waals surface area contributed by atoms with Gasteiger partial charge in [0.05, 0.1) is 6.61 Å². The molecule has 1 amide bonds. The molecule has 0 aromatic heterocycles. The summed E-state index contributed by atoms with van der Waals surface area (Å²) in [5.74, 6) is 0.0833. The minimum absolute atomic E-state index is 0.0412. The lowest BCUT2D eigenvalue weighted by Gasteiger charge is -2.14. The van der Waals surface area contributed by atoms with Gasteiger partial charge >= 0.3 is 0 Å². The number of ether oxygens (including phenoxy) is 2. The molecule has 1 aliphatic heterocycles. The van der Waals surface area contributed by atoms with Crippen molar-refractivity contribution in [2.75, 3.05) is 23.3 Å². The number of benzene rings is 2. The van der Waals surface area contributed by atoms with Gasteiger partial charge in [-0.25, -0.2) is 8.42 Å². The highest BCUT2D eigenvalue weighted by molar-refractivity contribution is 9.10. The highest BCUT2D eigenvalue weighted by atomic mass is 79.9. The number of carbonyl (C=O) groups is 1. The summed E-state index contributed by atoms with van der Waals surface area (Å²) in [4.78, 5) is 12.1. The Bertz CT molecular complexity index is 941. The molecule has 1 atom stereocenters. The van der Waals surface area contributed by atoms with Gasteiger partial charge in [-0.15, -0.1) is 0 Å². The van der Waals surface area contributed by atoms with E-state index in [9.17, 15) is 13.2 Å². The third-order valence-corrected chi connectivity index (χ3v) is 6.02. The van der Waals surface area contributed by atoms with Crippen LogP contribution in [0.1, 0.15) is 19.8 Å². The topological polar surface area (TPSA) is 93.7 Å². The van der Waals surface area contributed by atoms with Crippen molar-refractivity contribution < 1.29 is 22.7 Å². The highest BCUT2D eigenvalue weighted by Gasteiger charge is 2.24. The molecule has 28 heavy (non-hydrogen) atoms. The zero-order valence-electron chi connectivity index (χ0n) is 15.3. The van der Waals surface area contributed by atoms with Crippen molar-refractivity contribution in [3.05, 3.63) is 46.9 Å². The largest absolute Gasteiger partial charge is 0.492 e. The van der Waals surface area contributed by atoms with Crippen LogP contribution in [0.2, 0.25) is 0 Å². The summed E-state index contributed by atoms with van der Waals surface area (Å²) in [5.41, 5.74) is 0.943. The van der Waals surface area contributed by atoms with Gasteiger partial charge in [-0.05, 0) is 62.2 Å². The Morgan fingerprint density at radius 1 is 1.21 bits per heavy atom. The molecule has 2 aromatic rings. The molecule has 0 spiro atoms. The van der Waals surface area contributed by atoms with Crippen LogP contribution in [-0.4, -0.2) is 33.6 Å². The summed E-state index contributed by atoms with van der Waals surface area (Å²) in [6, 6.07) is 11.2. The van der Waals surface area contributed by atoms with Crippen LogP contribution in [0.15, 0.2) is 51.8 Å². The van der Waals surface area contributed by atoms with Crippen molar-refractivity contribution >= 4 is 43.2 Å². The van der Waals surface area contributed by atoms with E-state index < -0.39 is 16.1 Å². The van der Waals surface area contributed by atoms with Crippen LogP contribution in [-0.2, 0) is 19.6 Å². The average Bonchev–Trinajstić information content (AvgIpc) is 3.19. The fraction of sp³-hybridized carbons (Fsp3) is 0.316. The van der Waals surface area contributed by atoms with Gasteiger partial charge < -0.3 is 14.8 Å². The number of carbonyl (C=O) groups excluding carboxylic acids is 1. The molecule has 1 aliphatic rings. The molecule has 1 heterocycles. The standard InChI is InChI=1S/C19H21BrN2O5S/c1-2-26-16-10-5-13(20)12-18(16)28(24,25)22-15-8-6-14(7-9-15)21-19(23)17-4-3-11-27-17/h5-10,12,17,22H,2-4,11H2,1H3,(H,21,23). The van der Waals surface area contributed by atoms with Gasteiger partial charge in [0, 0.05) is 22.5 Å². The lowest BCUT2D eigenvalue weighted by molar-refractivity contribution is -0.124. The Balaban J connectivity index is 1.72. The van der Waals surface area contributed by atoms with E-state index in [1.165, 1.54) is 6.07 Å². The molecule has 1 unspecified atom stereocenters. The number of hydrogen-bond acceptors (Lipinski definition) is 5. The summed E-state index contributed by atoms with van der Waals surface area (Å²) in [6.45, 7) is 2.73. The maximum Gasteiger partial charge on any atom is 0.265 e. The smallest absolute Gasteiger partial charge is 0.265 e. The number of rotatable bonds is 7. The summed E-state index contributed by atoms with van der Waals surface area (Å²) < 4.78 is 39.5. The zero-order valence-corrected chi connectivity index (χ0v) is 17.7. The molecule has 0 aliphatic carbocycles. The summed E-state index contributed by atoms with van der Waals surface area (Å²) in [5, 5.41) is 2.77. The number of hydrogen-bond donors (Lipinski definition) is 2. The first-order valence-corrected chi connectivity index (χ1v) is 11.1. The number of anilines is 2. The van der Waals surface area contributed by atoms with Crippen LogP contribution >= 0.6 is 15.9 Å². The molecule has 9 heteroatoms. The Labute approximate surface area is 172 Å². The van der Waals surface area contributed by atoms with E-state index in [-0.39, 0.29) is 16.6 Å². The van der Waals surface area contributed by atoms with Gasteiger partial charge in [0.2, 0.25) is 0 Å². The molecule has 0 saturated carbocycles. The molecular formula is C19H21BrN2O5S. The summed E-state index contributed by atoms with van der Waals surface area (Å²) in [7, 11) is -3.85. The maximum absolute atomic E-state index is 12.8. The highest BCUT2D eigenvalue weighted by Crippen LogP contribution is 2.29. The fourth-order valence-electron chi connectivity index (χ4n) is 2.81. The number of nitrogens with one attached hydrogen (secondary N) is 2. The normalized spacial score (nSPS) is 16.6. The SMILES string of the molecule is CCOc1ccc(Br)cc1S(=O)(=O)Nc1ccc(NC(=O)C2CCCO2)cc1. The molecule has 1 saturated heterocycles. The van der Waals surface area contributed by atoms with Crippen LogP contribution in [0.5, 0.6) is 5.75 Å². The third-order valence-electron chi connectivity index (χ3n) is 4.12. The molecular weight excluding hydrogens is 448 g/mol. The minimum atomic E-state index is -3.85. The Morgan fingerprint density at radius 3 is 2.57 bits per heavy atom. The second-order valence-corrected chi connectivity index (χ2v) is 8.76. The van der Waals surface area contributed by atoms with Crippen molar-refractivity contribution in [2.24, 2.45) is 0 Å². The van der Waals surface area contributed by atoms with Gasteiger partial charge in [-0.1, -0.05) is 15.9 Å². The molecule has 1 fully saturated rings. The van der Waals surface area contributed by atoms with Gasteiger partial charge in [-0.3, -0.25) is 9.52 Å². The number of amides is 1. The van der Waals surface area contributed by atoms with E-state index in [2.05, 4.69) is 26.0 Å². The third kappa shape index (κ3) is 5.03. The summed E-state index contributed by atoms with van der Waals surface area (Å²) >= 11 is 3.29. The first-order valence-electron chi connectivity index (χ1n) is 8.87. The van der Waals surface area contributed by atoms with Crippen LogP contribution in [0.25, 0.3) is 0 Å². The quantitative estimate of drug-likeness (QED) is 0.644. The molecule has 2 aromatic carbocycles. The molecule has 7 nitrogen and oxygen atoms in total. The van der Waals surface area contributed by atoms with Gasteiger partial charge in [-0.2, -0.15) is 0 Å². The van der Waals surface area contributed by atoms with Crippen LogP contribution in [0, 0.1) is 0 Å². The number of sulfonamides is 1. The lowest BCUT2D eigenvalue weighted by atomic mass is 10.2. The Kier molecular flexibility index (Phi) is 6.58. The van der Waals surface area contributed by atoms with E-state index in [0.29, 0.717) is 35.5 Å². The maximum atomic E-state index is 12.8. The van der Waals surface area contributed by atoms with Gasteiger partial charge in [0.15, 0.2) is 0 Å². The average molecular weight is 469 g/mol. The Hall–Kier alpha value is -2.10. The van der Waals surface area contributed by atoms with Crippen LogP contribution in [0.4, 0.5) is 11.4 Å². The van der Waals surface area contributed by atoms with Crippen molar-refractivity contribution in [2.45, 2.75) is 30.8 Å². The molecule has 2 N–H and O–H groups in total. The van der Waals surface area contributed by atoms with Crippen LogP contribution < -0.4 is 14.8 Å². The first kappa shape index (κ1) is 20.6. The van der Waals surface area contributed by atoms with E-state index in [1.807, 2.05) is 0 Å². The predicted octanol–water partition coefficient (Wildman–Crippen LogP) is 3.77. The van der Waals surface area contributed by atoms with Gasteiger partial charge in [0.1, 0.15) is 16.7 Å².